The van der Waals surface area contributed by atoms with E-state index in [-0.39, 0.29) is 5.60 Å². The maximum absolute atomic E-state index is 8.80. The second kappa shape index (κ2) is 6.77. The summed E-state index contributed by atoms with van der Waals surface area (Å²) in [5, 5.41) is 17.6. The van der Waals surface area contributed by atoms with Crippen LogP contribution in [0, 0.1) is 22.7 Å². The van der Waals surface area contributed by atoms with E-state index >= 15 is 0 Å². The topological polar surface area (TPSA) is 56.8 Å². The fourth-order valence-corrected chi connectivity index (χ4v) is 1.83. The first-order valence-corrected chi connectivity index (χ1v) is 6.74. The molecular formula is C18H20N2O. The summed E-state index contributed by atoms with van der Waals surface area (Å²) in [6.07, 6.45) is 3.01. The SMILES string of the molecule is C/C(=C\C#N)c1cc(OC(C)(C)C)cc(/C(C)=C/C#N)c1. The van der Waals surface area contributed by atoms with Crippen LogP contribution in [0.5, 0.6) is 5.75 Å². The van der Waals surface area contributed by atoms with Gasteiger partial charge in [-0.15, -0.1) is 0 Å². The van der Waals surface area contributed by atoms with Crippen LogP contribution in [-0.4, -0.2) is 5.60 Å². The minimum Gasteiger partial charge on any atom is -0.488 e. The van der Waals surface area contributed by atoms with Crippen LogP contribution in [0.2, 0.25) is 0 Å². The third-order valence-electron chi connectivity index (χ3n) is 2.80. The van der Waals surface area contributed by atoms with Gasteiger partial charge < -0.3 is 4.74 Å². The second-order valence-corrected chi connectivity index (χ2v) is 5.87. The Morgan fingerprint density at radius 1 is 0.952 bits per heavy atom. The van der Waals surface area contributed by atoms with Gasteiger partial charge in [0.2, 0.25) is 0 Å². The molecule has 3 nitrogen and oxygen atoms in total. The van der Waals surface area contributed by atoms with Crippen molar-refractivity contribution < 1.29 is 4.74 Å². The lowest BCUT2D eigenvalue weighted by molar-refractivity contribution is 0.131. The monoisotopic (exact) mass is 280 g/mol. The van der Waals surface area contributed by atoms with Crippen LogP contribution in [0.15, 0.2) is 30.4 Å². The molecule has 0 aliphatic carbocycles. The summed E-state index contributed by atoms with van der Waals surface area (Å²) < 4.78 is 5.92. The highest BCUT2D eigenvalue weighted by atomic mass is 16.5. The highest BCUT2D eigenvalue weighted by molar-refractivity contribution is 5.74. The molecule has 1 rings (SSSR count). The molecule has 0 aliphatic heterocycles. The van der Waals surface area contributed by atoms with E-state index in [0.29, 0.717) is 0 Å². The Kier molecular flexibility index (Phi) is 5.33. The molecule has 0 heterocycles. The number of rotatable bonds is 3. The quantitative estimate of drug-likeness (QED) is 0.753. The first-order chi connectivity index (χ1) is 9.76. The zero-order chi connectivity index (χ0) is 16.0. The van der Waals surface area contributed by atoms with Crippen molar-refractivity contribution in [2.75, 3.05) is 0 Å². The Bertz CT molecular complexity index is 614. The van der Waals surface area contributed by atoms with E-state index < -0.39 is 0 Å². The predicted molar refractivity (Wildman–Crippen MR) is 85.4 cm³/mol. The van der Waals surface area contributed by atoms with Crippen molar-refractivity contribution in [3.8, 4) is 17.9 Å². The van der Waals surface area contributed by atoms with Crippen LogP contribution in [0.25, 0.3) is 11.1 Å². The van der Waals surface area contributed by atoms with Gasteiger partial charge in [-0.2, -0.15) is 10.5 Å². The summed E-state index contributed by atoms with van der Waals surface area (Å²) in [5.41, 5.74) is 3.25. The van der Waals surface area contributed by atoms with Crippen LogP contribution < -0.4 is 4.74 Å². The molecule has 1 aromatic rings. The maximum atomic E-state index is 8.80. The molecule has 0 unspecified atom stereocenters. The lowest BCUT2D eigenvalue weighted by Gasteiger charge is -2.22. The molecule has 0 fully saturated rings. The molecule has 3 heteroatoms. The lowest BCUT2D eigenvalue weighted by atomic mass is 9.99. The second-order valence-electron chi connectivity index (χ2n) is 5.87. The number of hydrogen-bond acceptors (Lipinski definition) is 3. The van der Waals surface area contributed by atoms with E-state index in [9.17, 15) is 0 Å². The number of nitrogens with zero attached hydrogens (tertiary/aromatic N) is 2. The average Bonchev–Trinajstić information content (AvgIpc) is 2.37. The van der Waals surface area contributed by atoms with Gasteiger partial charge in [-0.3, -0.25) is 0 Å². The number of hydrogen-bond donors (Lipinski definition) is 0. The molecule has 0 radical (unpaired) electrons. The van der Waals surface area contributed by atoms with Gasteiger partial charge in [0.1, 0.15) is 11.4 Å². The van der Waals surface area contributed by atoms with Crippen LogP contribution in [0.3, 0.4) is 0 Å². The number of ether oxygens (including phenoxy) is 1. The average molecular weight is 280 g/mol. The van der Waals surface area contributed by atoms with Gasteiger partial charge in [-0.1, -0.05) is 0 Å². The maximum Gasteiger partial charge on any atom is 0.121 e. The molecule has 0 amide bonds. The molecule has 0 saturated heterocycles. The standard InChI is InChI=1S/C18H20N2O/c1-13(6-8-19)15-10-16(14(2)7-9-20)12-17(11-15)21-18(3,4)5/h6-7,10-12H,1-5H3/b13-6+,14-7+. The van der Waals surface area contributed by atoms with E-state index in [2.05, 4.69) is 0 Å². The Hall–Kier alpha value is -2.52. The third kappa shape index (κ3) is 5.16. The lowest BCUT2D eigenvalue weighted by Crippen LogP contribution is -2.23. The largest absolute Gasteiger partial charge is 0.488 e. The van der Waals surface area contributed by atoms with Crippen molar-refractivity contribution in [2.45, 2.75) is 40.2 Å². The van der Waals surface area contributed by atoms with E-state index in [1.165, 1.54) is 12.2 Å². The molecule has 0 bridgehead atoms. The Morgan fingerprint density at radius 3 is 1.71 bits per heavy atom. The number of nitriles is 2. The smallest absolute Gasteiger partial charge is 0.121 e. The van der Waals surface area contributed by atoms with Crippen molar-refractivity contribution in [3.05, 3.63) is 41.5 Å². The summed E-state index contributed by atoms with van der Waals surface area (Å²) in [7, 11) is 0. The molecule has 0 N–H and O–H groups in total. The molecule has 108 valence electrons. The molecule has 21 heavy (non-hydrogen) atoms. The zero-order valence-electron chi connectivity index (χ0n) is 13.2. The predicted octanol–water partition coefficient (Wildman–Crippen LogP) is 4.72. The summed E-state index contributed by atoms with van der Waals surface area (Å²) >= 11 is 0. The number of allylic oxidation sites excluding steroid dienone is 4. The van der Waals surface area contributed by atoms with Gasteiger partial charge in [0, 0.05) is 12.2 Å². The van der Waals surface area contributed by atoms with Gasteiger partial charge in [0.05, 0.1) is 12.1 Å². The number of benzene rings is 1. The van der Waals surface area contributed by atoms with Gasteiger partial charge in [0.25, 0.3) is 0 Å². The summed E-state index contributed by atoms with van der Waals surface area (Å²) in [6.45, 7) is 9.71. The van der Waals surface area contributed by atoms with Gasteiger partial charge in [0.15, 0.2) is 0 Å². The summed E-state index contributed by atoms with van der Waals surface area (Å²) in [4.78, 5) is 0. The molecule has 0 aromatic heterocycles. The van der Waals surface area contributed by atoms with Crippen LogP contribution in [-0.2, 0) is 0 Å². The van der Waals surface area contributed by atoms with E-state index in [1.54, 1.807) is 0 Å². The Balaban J connectivity index is 3.41. The van der Waals surface area contributed by atoms with Crippen molar-refractivity contribution in [3.63, 3.8) is 0 Å². The molecular weight excluding hydrogens is 260 g/mol. The summed E-state index contributed by atoms with van der Waals surface area (Å²) in [6, 6.07) is 9.86. The first-order valence-electron chi connectivity index (χ1n) is 6.74. The Labute approximate surface area is 126 Å². The fourth-order valence-electron chi connectivity index (χ4n) is 1.83. The highest BCUT2D eigenvalue weighted by Crippen LogP contribution is 2.28. The Morgan fingerprint density at radius 2 is 1.38 bits per heavy atom. The van der Waals surface area contributed by atoms with Crippen molar-refractivity contribution in [1.82, 2.24) is 0 Å². The fraction of sp³-hybridized carbons (Fsp3) is 0.333. The molecule has 1 aromatic carbocycles. The minimum absolute atomic E-state index is 0.310. The van der Waals surface area contributed by atoms with Crippen molar-refractivity contribution in [2.24, 2.45) is 0 Å². The minimum atomic E-state index is -0.310. The van der Waals surface area contributed by atoms with Crippen molar-refractivity contribution >= 4 is 11.1 Å². The first kappa shape index (κ1) is 16.5. The third-order valence-corrected chi connectivity index (χ3v) is 2.80. The van der Waals surface area contributed by atoms with Gasteiger partial charge >= 0.3 is 0 Å². The summed E-state index contributed by atoms with van der Waals surface area (Å²) in [5.74, 6) is 0.728. The zero-order valence-corrected chi connectivity index (χ0v) is 13.2. The molecule has 0 aliphatic rings. The van der Waals surface area contributed by atoms with E-state index in [1.807, 2.05) is 65.0 Å². The normalized spacial score (nSPS) is 12.5. The van der Waals surface area contributed by atoms with Crippen molar-refractivity contribution in [1.29, 1.82) is 10.5 Å². The van der Waals surface area contributed by atoms with Gasteiger partial charge in [-0.05, 0) is 75.1 Å². The van der Waals surface area contributed by atoms with Gasteiger partial charge in [-0.25, -0.2) is 0 Å². The molecule has 0 atom stereocenters. The van der Waals surface area contributed by atoms with E-state index in [0.717, 1.165) is 28.0 Å². The van der Waals surface area contributed by atoms with Crippen LogP contribution in [0.4, 0.5) is 0 Å². The molecule has 0 saturated carbocycles. The van der Waals surface area contributed by atoms with Crippen LogP contribution in [0.1, 0.15) is 45.7 Å². The molecule has 0 spiro atoms. The highest BCUT2D eigenvalue weighted by Gasteiger charge is 2.13. The van der Waals surface area contributed by atoms with E-state index in [4.69, 9.17) is 15.3 Å². The van der Waals surface area contributed by atoms with Crippen LogP contribution >= 0.6 is 0 Å².